The third-order valence-electron chi connectivity index (χ3n) is 9.14. The predicted molar refractivity (Wildman–Crippen MR) is 213 cm³/mol. The van der Waals surface area contributed by atoms with E-state index < -0.39 is 0 Å². The number of pyridine rings is 2. The Morgan fingerprint density at radius 3 is 1.72 bits per heavy atom. The van der Waals surface area contributed by atoms with Gasteiger partial charge in [-0.15, -0.1) is 0 Å². The van der Waals surface area contributed by atoms with E-state index in [0.717, 1.165) is 87.0 Å². The van der Waals surface area contributed by atoms with E-state index in [9.17, 15) is 9.59 Å². The molecule has 2 aliphatic heterocycles. The van der Waals surface area contributed by atoms with E-state index in [1.807, 2.05) is 74.5 Å². The van der Waals surface area contributed by atoms with Crippen LogP contribution in [-0.2, 0) is 22.4 Å². The highest BCUT2D eigenvalue weighted by Crippen LogP contribution is 2.28. The fourth-order valence-electron chi connectivity index (χ4n) is 6.44. The van der Waals surface area contributed by atoms with Gasteiger partial charge >= 0.3 is 0 Å². The molecular weight excluding hydrogens is 727 g/mol. The molecule has 0 amide bonds. The second-order valence-electron chi connectivity index (χ2n) is 13.4. The van der Waals surface area contributed by atoms with Crippen molar-refractivity contribution in [2.75, 3.05) is 18.0 Å². The van der Waals surface area contributed by atoms with Crippen LogP contribution in [0.4, 0.5) is 5.82 Å². The van der Waals surface area contributed by atoms with E-state index in [1.165, 1.54) is 5.56 Å². The highest BCUT2D eigenvalue weighted by atomic mass is 35.5. The number of halogens is 3. The summed E-state index contributed by atoms with van der Waals surface area (Å²) in [7, 11) is 0. The fraction of sp³-hybridized carbons (Fsp3) is 0.381. The Morgan fingerprint density at radius 2 is 1.25 bits per heavy atom. The fourth-order valence-corrected chi connectivity index (χ4v) is 7.27. The molecule has 2 aromatic heterocycles. The molecule has 2 fully saturated rings. The molecule has 4 aromatic rings. The van der Waals surface area contributed by atoms with Crippen molar-refractivity contribution >= 4 is 52.2 Å². The number of ketones is 2. The van der Waals surface area contributed by atoms with Gasteiger partial charge in [-0.2, -0.15) is 10.5 Å². The molecule has 0 radical (unpaired) electrons. The first-order valence-corrected chi connectivity index (χ1v) is 19.2. The van der Waals surface area contributed by atoms with E-state index in [4.69, 9.17) is 45.3 Å². The average Bonchev–Trinajstić information content (AvgIpc) is 3.86. The van der Waals surface area contributed by atoms with Crippen LogP contribution in [-0.4, -0.2) is 46.7 Å². The lowest BCUT2D eigenvalue weighted by Gasteiger charge is -2.25. The van der Waals surface area contributed by atoms with E-state index >= 15 is 0 Å². The summed E-state index contributed by atoms with van der Waals surface area (Å²) >= 11 is 17.2. The van der Waals surface area contributed by atoms with Crippen LogP contribution in [0.15, 0.2) is 72.8 Å². The van der Waals surface area contributed by atoms with Crippen molar-refractivity contribution in [2.45, 2.75) is 90.1 Å². The Hall–Kier alpha value is -4.31. The molecule has 0 spiro atoms. The summed E-state index contributed by atoms with van der Waals surface area (Å²) < 4.78 is 0. The minimum Gasteiger partial charge on any atom is -0.347 e. The van der Waals surface area contributed by atoms with Gasteiger partial charge in [0.05, 0.1) is 35.3 Å². The highest BCUT2D eigenvalue weighted by molar-refractivity contribution is 6.32. The van der Waals surface area contributed by atoms with Crippen molar-refractivity contribution in [3.05, 3.63) is 122 Å². The van der Waals surface area contributed by atoms with Crippen molar-refractivity contribution in [3.8, 4) is 12.1 Å². The van der Waals surface area contributed by atoms with Crippen molar-refractivity contribution < 1.29 is 9.59 Å². The number of Topliss-reactive ketones (excluding diaryl/α,β-unsaturated/α-hetero) is 2. The molecule has 4 heterocycles. The van der Waals surface area contributed by atoms with Crippen LogP contribution in [0, 0.1) is 36.5 Å². The number of hydrogen-bond donors (Lipinski definition) is 1. The van der Waals surface area contributed by atoms with E-state index in [2.05, 4.69) is 32.3 Å². The molecule has 0 bridgehead atoms. The molecule has 8 nitrogen and oxygen atoms in total. The zero-order valence-corrected chi connectivity index (χ0v) is 32.5. The van der Waals surface area contributed by atoms with Gasteiger partial charge in [0.15, 0.2) is 5.78 Å². The molecular formula is C42H45Cl3N6O2. The van der Waals surface area contributed by atoms with Gasteiger partial charge in [0.2, 0.25) is 0 Å². The van der Waals surface area contributed by atoms with Gasteiger partial charge in [-0.05, 0) is 143 Å². The minimum atomic E-state index is -0.0960. The first-order valence-electron chi connectivity index (χ1n) is 18.0. The Morgan fingerprint density at radius 1 is 0.736 bits per heavy atom. The summed E-state index contributed by atoms with van der Waals surface area (Å²) in [6.45, 7) is 5.73. The number of carbonyl (C=O) groups excluding carboxylic acids is 2. The number of nitrogens with zero attached hydrogens (tertiary/aromatic N) is 5. The molecule has 2 aliphatic rings. The largest absolute Gasteiger partial charge is 0.347 e. The Labute approximate surface area is 328 Å². The summed E-state index contributed by atoms with van der Waals surface area (Å²) in [6, 6.07) is 26.7. The number of anilines is 1. The zero-order chi connectivity index (χ0) is 38.2. The first-order chi connectivity index (χ1) is 25.5. The van der Waals surface area contributed by atoms with Crippen LogP contribution in [0.25, 0.3) is 0 Å². The molecule has 276 valence electrons. The smallest absolute Gasteiger partial charge is 0.155 e. The van der Waals surface area contributed by atoms with Crippen molar-refractivity contribution in [3.63, 3.8) is 0 Å². The lowest BCUT2D eigenvalue weighted by molar-refractivity contribution is -0.121. The Kier molecular flexibility index (Phi) is 16.7. The number of aromatic nitrogens is 2. The van der Waals surface area contributed by atoms with Crippen LogP contribution in [0.2, 0.25) is 15.5 Å². The average molecular weight is 772 g/mol. The van der Waals surface area contributed by atoms with Gasteiger partial charge in [-0.25, -0.2) is 9.97 Å². The second-order valence-corrected chi connectivity index (χ2v) is 14.5. The van der Waals surface area contributed by atoms with Gasteiger partial charge in [-0.1, -0.05) is 59.1 Å². The standard InChI is InChI=1S/C21H22ClN3O.C15H18N2O.C6H5Cl2N/c1-15-12-20(22)24-21(13-15)25-11-3-5-18(25)19(26)6-2-4-16-7-9-17(14-23)10-8-16;16-11-13-8-6-12(7-9-13)3-1-5-15(18)14-4-2-10-17-14;1-4-2-5(7)9-6(8)3-4/h7-10,12-13,18H,2-6,11H2,1H3;6-9,14,17H,1-5,10H2;2-3H,1H3/t18-;14-;/m00./s1. The molecule has 2 aromatic carbocycles. The number of nitriles is 2. The zero-order valence-electron chi connectivity index (χ0n) is 30.3. The normalized spacial score (nSPS) is 16.0. The maximum absolute atomic E-state index is 12.7. The number of hydrogen-bond acceptors (Lipinski definition) is 8. The van der Waals surface area contributed by atoms with E-state index in [1.54, 1.807) is 12.1 Å². The summed E-state index contributed by atoms with van der Waals surface area (Å²) in [5, 5.41) is 22.1. The molecule has 0 saturated carbocycles. The van der Waals surface area contributed by atoms with Gasteiger partial charge in [0, 0.05) is 19.4 Å². The topological polar surface area (TPSA) is 123 Å². The van der Waals surface area contributed by atoms with Crippen LogP contribution in [0.1, 0.15) is 84.7 Å². The van der Waals surface area contributed by atoms with Gasteiger partial charge < -0.3 is 10.2 Å². The third-order valence-corrected chi connectivity index (χ3v) is 9.72. The third kappa shape index (κ3) is 13.9. The van der Waals surface area contributed by atoms with Gasteiger partial charge in [0.1, 0.15) is 27.1 Å². The first kappa shape index (κ1) is 41.4. The Bertz CT molecular complexity index is 1830. The molecule has 1 N–H and O–H groups in total. The second kappa shape index (κ2) is 21.4. The maximum atomic E-state index is 12.7. The van der Waals surface area contributed by atoms with Crippen molar-refractivity contribution in [1.82, 2.24) is 15.3 Å². The van der Waals surface area contributed by atoms with Gasteiger partial charge in [0.25, 0.3) is 0 Å². The lowest BCUT2D eigenvalue weighted by atomic mass is 10.0. The summed E-state index contributed by atoms with van der Waals surface area (Å²) in [5.41, 5.74) is 5.79. The summed E-state index contributed by atoms with van der Waals surface area (Å²) in [5.74, 6) is 1.43. The van der Waals surface area contributed by atoms with Crippen LogP contribution < -0.4 is 10.2 Å². The lowest BCUT2D eigenvalue weighted by Crippen LogP contribution is -2.36. The Balaban J connectivity index is 0.000000200. The number of aryl methyl sites for hydroxylation is 4. The van der Waals surface area contributed by atoms with E-state index in [0.29, 0.717) is 45.2 Å². The molecule has 53 heavy (non-hydrogen) atoms. The monoisotopic (exact) mass is 770 g/mol. The SMILES string of the molecule is Cc1cc(Cl)nc(Cl)c1.Cc1cc(Cl)nc(N2CCC[C@H]2C(=O)CCCc2ccc(C#N)cc2)c1.N#Cc1ccc(CCCC(=O)[C@@H]2CCCN2)cc1. The molecule has 11 heteroatoms. The highest BCUT2D eigenvalue weighted by Gasteiger charge is 2.31. The molecule has 0 unspecified atom stereocenters. The maximum Gasteiger partial charge on any atom is 0.155 e. The molecule has 2 saturated heterocycles. The van der Waals surface area contributed by atoms with Crippen LogP contribution in [0.3, 0.4) is 0 Å². The van der Waals surface area contributed by atoms with Crippen molar-refractivity contribution in [2.24, 2.45) is 0 Å². The quantitative estimate of drug-likeness (QED) is 0.150. The summed E-state index contributed by atoms with van der Waals surface area (Å²) in [4.78, 5) is 34.8. The minimum absolute atomic E-state index is 0.0960. The molecule has 0 aliphatic carbocycles. The number of rotatable bonds is 11. The van der Waals surface area contributed by atoms with Crippen LogP contribution in [0.5, 0.6) is 0 Å². The molecule has 2 atom stereocenters. The number of carbonyl (C=O) groups is 2. The van der Waals surface area contributed by atoms with Crippen LogP contribution >= 0.6 is 34.8 Å². The van der Waals surface area contributed by atoms with Gasteiger partial charge in [-0.3, -0.25) is 9.59 Å². The molecule has 6 rings (SSSR count). The summed E-state index contributed by atoms with van der Waals surface area (Å²) in [6.07, 6.45) is 8.66. The van der Waals surface area contributed by atoms with Crippen molar-refractivity contribution in [1.29, 1.82) is 10.5 Å². The van der Waals surface area contributed by atoms with E-state index in [-0.39, 0.29) is 17.9 Å². The number of benzene rings is 2. The predicted octanol–water partition coefficient (Wildman–Crippen LogP) is 9.37. The number of nitrogens with one attached hydrogen (secondary N) is 1.